The van der Waals surface area contributed by atoms with Crippen molar-refractivity contribution in [3.63, 3.8) is 0 Å². The fourth-order valence-corrected chi connectivity index (χ4v) is 4.04. The van der Waals surface area contributed by atoms with Crippen LogP contribution in [0.2, 0.25) is 0 Å². The Morgan fingerprint density at radius 3 is 2.62 bits per heavy atom. The Morgan fingerprint density at radius 2 is 1.91 bits per heavy atom. The van der Waals surface area contributed by atoms with Gasteiger partial charge in [0.05, 0.1) is 19.3 Å². The maximum Gasteiger partial charge on any atom is 0.338 e. The van der Waals surface area contributed by atoms with Gasteiger partial charge in [0.2, 0.25) is 5.95 Å². The summed E-state index contributed by atoms with van der Waals surface area (Å²) in [4.78, 5) is 17.4. The number of esters is 1. The molecule has 8 heteroatoms. The lowest BCUT2D eigenvalue weighted by Gasteiger charge is -2.29. The molecule has 1 aromatic heterocycles. The van der Waals surface area contributed by atoms with E-state index >= 15 is 0 Å². The normalized spacial score (nSPS) is 14.9. The molecule has 1 N–H and O–H groups in total. The van der Waals surface area contributed by atoms with E-state index in [9.17, 15) is 4.79 Å². The smallest absolute Gasteiger partial charge is 0.338 e. The lowest BCUT2D eigenvalue weighted by molar-refractivity contribution is -0.139. The molecule has 34 heavy (non-hydrogen) atoms. The summed E-state index contributed by atoms with van der Waals surface area (Å²) in [5.41, 5.74) is 4.42. The summed E-state index contributed by atoms with van der Waals surface area (Å²) >= 11 is 0. The first kappa shape index (κ1) is 23.4. The Kier molecular flexibility index (Phi) is 7.15. The molecule has 1 aliphatic heterocycles. The third-order valence-corrected chi connectivity index (χ3v) is 5.69. The van der Waals surface area contributed by atoms with E-state index in [4.69, 9.17) is 14.2 Å². The fourth-order valence-electron chi connectivity index (χ4n) is 4.04. The zero-order valence-corrected chi connectivity index (χ0v) is 20.0. The van der Waals surface area contributed by atoms with Crippen LogP contribution in [-0.4, -0.2) is 34.5 Å². The fraction of sp³-hybridized carbons (Fsp3) is 0.346. The number of hydrogen-bond donors (Lipinski definition) is 1. The number of allylic oxidation sites excluding steroid dienone is 1. The number of ether oxygens (including phenoxy) is 3. The predicted molar refractivity (Wildman–Crippen MR) is 129 cm³/mol. The molecule has 0 saturated heterocycles. The molecule has 0 unspecified atom stereocenters. The molecule has 0 spiro atoms. The molecular formula is C26H30N4O4. The predicted octanol–water partition coefficient (Wildman–Crippen LogP) is 4.81. The molecule has 178 valence electrons. The number of aryl methyl sites for hydroxylation is 1. The van der Waals surface area contributed by atoms with E-state index in [1.165, 1.54) is 11.9 Å². The minimum atomic E-state index is -0.501. The van der Waals surface area contributed by atoms with Crippen molar-refractivity contribution in [1.29, 1.82) is 0 Å². The van der Waals surface area contributed by atoms with Crippen molar-refractivity contribution in [2.24, 2.45) is 0 Å². The van der Waals surface area contributed by atoms with E-state index in [1.54, 1.807) is 18.7 Å². The van der Waals surface area contributed by atoms with Crippen LogP contribution in [0.15, 0.2) is 60.1 Å². The second kappa shape index (κ2) is 10.4. The van der Waals surface area contributed by atoms with Crippen LogP contribution in [0, 0.1) is 6.92 Å². The summed E-state index contributed by atoms with van der Waals surface area (Å²) in [5, 5.41) is 7.65. The molecule has 0 saturated carbocycles. The zero-order valence-electron chi connectivity index (χ0n) is 20.0. The number of hydrogen-bond acceptors (Lipinski definition) is 7. The number of carbonyl (C=O) groups is 1. The van der Waals surface area contributed by atoms with Crippen LogP contribution in [0.1, 0.15) is 49.4 Å². The van der Waals surface area contributed by atoms with Gasteiger partial charge in [-0.2, -0.15) is 10.1 Å². The summed E-state index contributed by atoms with van der Waals surface area (Å²) in [7, 11) is 1.60. The zero-order chi connectivity index (χ0) is 24.1. The van der Waals surface area contributed by atoms with Gasteiger partial charge >= 0.3 is 5.97 Å². The van der Waals surface area contributed by atoms with Gasteiger partial charge in [0, 0.05) is 5.70 Å². The molecule has 1 aliphatic rings. The number of nitrogens with one attached hydrogen (secondary N) is 1. The van der Waals surface area contributed by atoms with Crippen LogP contribution in [0.25, 0.3) is 0 Å². The topological polar surface area (TPSA) is 87.5 Å². The summed E-state index contributed by atoms with van der Waals surface area (Å²) < 4.78 is 18.8. The Morgan fingerprint density at radius 1 is 1.12 bits per heavy atom. The van der Waals surface area contributed by atoms with Crippen molar-refractivity contribution in [3.8, 4) is 11.5 Å². The maximum atomic E-state index is 13.1. The number of anilines is 1. The second-order valence-corrected chi connectivity index (χ2v) is 8.10. The van der Waals surface area contributed by atoms with Crippen LogP contribution in [-0.2, 0) is 16.1 Å². The van der Waals surface area contributed by atoms with Gasteiger partial charge in [-0.1, -0.05) is 49.2 Å². The summed E-state index contributed by atoms with van der Waals surface area (Å²) in [5.74, 6) is 1.41. The molecule has 2 heterocycles. The highest BCUT2D eigenvalue weighted by Crippen LogP contribution is 2.40. The SMILES string of the molecule is CCCC1=C(C(=O)OCC)[C@H](c2ccc(OCc3ccc(C)cc3)c(OC)c2)n2ncnc2N1. The van der Waals surface area contributed by atoms with E-state index in [-0.39, 0.29) is 12.6 Å². The molecule has 4 rings (SSSR count). The van der Waals surface area contributed by atoms with E-state index in [1.807, 2.05) is 30.3 Å². The van der Waals surface area contributed by atoms with Gasteiger partial charge in [0.1, 0.15) is 19.0 Å². The van der Waals surface area contributed by atoms with Crippen LogP contribution in [0.4, 0.5) is 5.95 Å². The number of carbonyl (C=O) groups excluding carboxylic acids is 1. The Labute approximate surface area is 199 Å². The number of rotatable bonds is 9. The number of nitrogens with zero attached hydrogens (tertiary/aromatic N) is 3. The van der Waals surface area contributed by atoms with Gasteiger partial charge < -0.3 is 19.5 Å². The molecule has 8 nitrogen and oxygen atoms in total. The van der Waals surface area contributed by atoms with E-state index in [0.717, 1.165) is 23.2 Å². The summed E-state index contributed by atoms with van der Waals surface area (Å²) in [6, 6.07) is 13.4. The molecule has 2 aromatic carbocycles. The molecule has 1 atom stereocenters. The average Bonchev–Trinajstić information content (AvgIpc) is 3.31. The van der Waals surface area contributed by atoms with Crippen LogP contribution >= 0.6 is 0 Å². The van der Waals surface area contributed by atoms with E-state index in [0.29, 0.717) is 36.0 Å². The Hall–Kier alpha value is -3.81. The molecule has 0 aliphatic carbocycles. The largest absolute Gasteiger partial charge is 0.493 e. The molecule has 0 fully saturated rings. The van der Waals surface area contributed by atoms with Gasteiger partial charge in [0.25, 0.3) is 0 Å². The molecule has 0 radical (unpaired) electrons. The lowest BCUT2D eigenvalue weighted by Crippen LogP contribution is -2.30. The highest BCUT2D eigenvalue weighted by Gasteiger charge is 2.35. The van der Waals surface area contributed by atoms with Crippen molar-refractivity contribution >= 4 is 11.9 Å². The molecule has 0 bridgehead atoms. The van der Waals surface area contributed by atoms with Crippen molar-refractivity contribution in [3.05, 3.63) is 76.8 Å². The molecule has 3 aromatic rings. The summed E-state index contributed by atoms with van der Waals surface area (Å²) in [6.07, 6.45) is 3.02. The van der Waals surface area contributed by atoms with Crippen molar-refractivity contribution in [2.45, 2.75) is 46.3 Å². The van der Waals surface area contributed by atoms with Crippen molar-refractivity contribution < 1.29 is 19.0 Å². The minimum absolute atomic E-state index is 0.285. The summed E-state index contributed by atoms with van der Waals surface area (Å²) in [6.45, 7) is 6.62. The Balaban J connectivity index is 1.70. The number of aromatic nitrogens is 3. The molecule has 0 amide bonds. The van der Waals surface area contributed by atoms with E-state index in [2.05, 4.69) is 41.4 Å². The second-order valence-electron chi connectivity index (χ2n) is 8.10. The third kappa shape index (κ3) is 4.76. The highest BCUT2D eigenvalue weighted by molar-refractivity contribution is 5.92. The number of benzene rings is 2. The lowest BCUT2D eigenvalue weighted by atomic mass is 9.93. The van der Waals surface area contributed by atoms with Crippen LogP contribution in [0.5, 0.6) is 11.5 Å². The quantitative estimate of drug-likeness (QED) is 0.457. The first-order valence-electron chi connectivity index (χ1n) is 11.5. The first-order valence-corrected chi connectivity index (χ1v) is 11.5. The van der Waals surface area contributed by atoms with Gasteiger partial charge in [-0.05, 0) is 43.5 Å². The van der Waals surface area contributed by atoms with Gasteiger partial charge in [-0.15, -0.1) is 0 Å². The maximum absolute atomic E-state index is 13.1. The average molecular weight is 463 g/mol. The minimum Gasteiger partial charge on any atom is -0.493 e. The van der Waals surface area contributed by atoms with Crippen LogP contribution in [0.3, 0.4) is 0 Å². The highest BCUT2D eigenvalue weighted by atomic mass is 16.5. The van der Waals surface area contributed by atoms with Crippen molar-refractivity contribution in [1.82, 2.24) is 14.8 Å². The van der Waals surface area contributed by atoms with E-state index < -0.39 is 6.04 Å². The monoisotopic (exact) mass is 462 g/mol. The van der Waals surface area contributed by atoms with Gasteiger partial charge in [0.15, 0.2) is 11.5 Å². The standard InChI is InChI=1S/C26H30N4O4/c1-5-7-20-23(25(31)33-6-2)24(30-26(29-20)27-16-28-30)19-12-13-21(22(14-19)32-4)34-15-18-10-8-17(3)9-11-18/h8-14,16,24H,5-7,15H2,1-4H3,(H,27,28,29)/t24-/m0/s1. The van der Waals surface area contributed by atoms with Gasteiger partial charge in [-0.3, -0.25) is 0 Å². The molecular weight excluding hydrogens is 432 g/mol. The first-order chi connectivity index (χ1) is 16.5. The Bertz CT molecular complexity index is 1180. The van der Waals surface area contributed by atoms with Crippen LogP contribution < -0.4 is 14.8 Å². The number of fused-ring (bicyclic) bond motifs is 1. The third-order valence-electron chi connectivity index (χ3n) is 5.69. The number of methoxy groups -OCH3 is 1. The van der Waals surface area contributed by atoms with Crippen molar-refractivity contribution in [2.75, 3.05) is 19.0 Å². The van der Waals surface area contributed by atoms with Gasteiger partial charge in [-0.25, -0.2) is 9.48 Å².